The summed E-state index contributed by atoms with van der Waals surface area (Å²) >= 11 is 0. The van der Waals surface area contributed by atoms with E-state index in [1.807, 2.05) is 0 Å². The molecular weight excluding hydrogens is 286 g/mol. The highest BCUT2D eigenvalue weighted by molar-refractivity contribution is 5.74. The van der Waals surface area contributed by atoms with Crippen LogP contribution in [-0.2, 0) is 23.9 Å². The Morgan fingerprint density at radius 2 is 2.05 bits per heavy atom. The van der Waals surface area contributed by atoms with E-state index in [1.54, 1.807) is 11.8 Å². The number of hydrogen-bond acceptors (Lipinski definition) is 5. The molecule has 0 aromatic heterocycles. The molecule has 0 aromatic rings. The molecule has 1 aliphatic heterocycles. The number of nitrogens with zero attached hydrogens (tertiary/aromatic N) is 1. The van der Waals surface area contributed by atoms with Crippen molar-refractivity contribution in [1.82, 2.24) is 4.90 Å². The van der Waals surface area contributed by atoms with Gasteiger partial charge in [0.05, 0.1) is 13.0 Å². The minimum Gasteiger partial charge on any atom is -0.466 e. The molecule has 0 bridgehead atoms. The van der Waals surface area contributed by atoms with E-state index < -0.39 is 0 Å². The van der Waals surface area contributed by atoms with E-state index in [9.17, 15) is 14.4 Å². The van der Waals surface area contributed by atoms with Crippen molar-refractivity contribution in [3.05, 3.63) is 0 Å². The topological polar surface area (TPSA) is 72.9 Å². The van der Waals surface area contributed by atoms with E-state index in [1.165, 1.54) is 6.92 Å². The van der Waals surface area contributed by atoms with Crippen LogP contribution in [0.3, 0.4) is 0 Å². The van der Waals surface area contributed by atoms with Gasteiger partial charge in [-0.3, -0.25) is 9.59 Å². The molecule has 1 rings (SSSR count). The monoisotopic (exact) mass is 315 g/mol. The molecule has 0 spiro atoms. The molecule has 1 unspecified atom stereocenters. The van der Waals surface area contributed by atoms with Crippen LogP contribution in [0.4, 0.5) is 0 Å². The highest BCUT2D eigenvalue weighted by Gasteiger charge is 2.12. The highest BCUT2D eigenvalue weighted by Crippen LogP contribution is 2.08. The molecule has 1 atom stereocenters. The molecule has 0 radical (unpaired) electrons. The van der Waals surface area contributed by atoms with Gasteiger partial charge in [-0.2, -0.15) is 0 Å². The first-order chi connectivity index (χ1) is 10.5. The van der Waals surface area contributed by atoms with Crippen LogP contribution in [-0.4, -0.2) is 55.5 Å². The van der Waals surface area contributed by atoms with Crippen LogP contribution in [0.2, 0.25) is 0 Å². The van der Waals surface area contributed by atoms with Crippen LogP contribution in [0.15, 0.2) is 0 Å². The zero-order valence-electron chi connectivity index (χ0n) is 14.0. The predicted octanol–water partition coefficient (Wildman–Crippen LogP) is 1.95. The summed E-state index contributed by atoms with van der Waals surface area (Å²) in [6.07, 6.45) is 5.06. The summed E-state index contributed by atoms with van der Waals surface area (Å²) in [5.74, 6) is -0.215. The maximum atomic E-state index is 11.2. The predicted molar refractivity (Wildman–Crippen MR) is 83.5 cm³/mol. The molecule has 1 fully saturated rings. The Labute approximate surface area is 133 Å². The molecule has 128 valence electrons. The number of carbonyl (C=O) groups excluding carboxylic acids is 3. The van der Waals surface area contributed by atoms with Crippen LogP contribution in [0, 0.1) is 0 Å². The van der Waals surface area contributed by atoms with Crippen LogP contribution < -0.4 is 0 Å². The summed E-state index contributed by atoms with van der Waals surface area (Å²) in [5.41, 5.74) is 0. The third kappa shape index (κ3) is 10.3. The molecule has 22 heavy (non-hydrogen) atoms. The zero-order valence-corrected chi connectivity index (χ0v) is 14.0. The van der Waals surface area contributed by atoms with Gasteiger partial charge in [-0.05, 0) is 26.2 Å². The first kappa shape index (κ1) is 20.6. The SMILES string of the molecule is CCCCN(CCC(=O)OCC)C(C)=O.O=CC1CCCO1. The van der Waals surface area contributed by atoms with Gasteiger partial charge in [-0.15, -0.1) is 0 Å². The van der Waals surface area contributed by atoms with Crippen molar-refractivity contribution in [2.75, 3.05) is 26.3 Å². The highest BCUT2D eigenvalue weighted by atomic mass is 16.5. The van der Waals surface area contributed by atoms with E-state index in [4.69, 9.17) is 9.47 Å². The second-order valence-corrected chi connectivity index (χ2v) is 5.10. The molecule has 6 heteroatoms. The quantitative estimate of drug-likeness (QED) is 0.505. The fourth-order valence-electron chi connectivity index (χ4n) is 1.94. The lowest BCUT2D eigenvalue weighted by molar-refractivity contribution is -0.144. The van der Waals surface area contributed by atoms with E-state index in [0.717, 1.165) is 45.1 Å². The van der Waals surface area contributed by atoms with E-state index in [2.05, 4.69) is 6.92 Å². The van der Waals surface area contributed by atoms with Crippen LogP contribution in [0.1, 0.15) is 52.9 Å². The first-order valence-electron chi connectivity index (χ1n) is 8.03. The molecule has 1 aliphatic rings. The average Bonchev–Trinajstić information content (AvgIpc) is 3.01. The first-order valence-corrected chi connectivity index (χ1v) is 8.03. The summed E-state index contributed by atoms with van der Waals surface area (Å²) in [6, 6.07) is 0. The lowest BCUT2D eigenvalue weighted by Gasteiger charge is -2.20. The molecule has 0 aromatic carbocycles. The average molecular weight is 315 g/mol. The smallest absolute Gasteiger partial charge is 0.307 e. The minimum atomic E-state index is -0.236. The lowest BCUT2D eigenvalue weighted by Crippen LogP contribution is -2.32. The van der Waals surface area contributed by atoms with Gasteiger partial charge in [-0.25, -0.2) is 0 Å². The standard InChI is InChI=1S/C11H21NO3.C5H8O2/c1-4-6-8-12(10(3)13)9-7-11(14)15-5-2;6-4-5-2-1-3-7-5/h4-9H2,1-3H3;4-5H,1-3H2. The van der Waals surface area contributed by atoms with Gasteiger partial charge in [-0.1, -0.05) is 13.3 Å². The van der Waals surface area contributed by atoms with Crippen molar-refractivity contribution in [3.8, 4) is 0 Å². The molecule has 0 saturated carbocycles. The fourth-order valence-corrected chi connectivity index (χ4v) is 1.94. The normalized spacial score (nSPS) is 16.4. The van der Waals surface area contributed by atoms with Gasteiger partial charge in [0.15, 0.2) is 0 Å². The number of unbranched alkanes of at least 4 members (excludes halogenated alkanes) is 1. The molecule has 1 heterocycles. The Kier molecular flexibility index (Phi) is 12.4. The van der Waals surface area contributed by atoms with Gasteiger partial charge < -0.3 is 19.2 Å². The lowest BCUT2D eigenvalue weighted by atomic mass is 10.3. The Morgan fingerprint density at radius 3 is 2.45 bits per heavy atom. The summed E-state index contributed by atoms with van der Waals surface area (Å²) in [4.78, 5) is 33.9. The second kappa shape index (κ2) is 13.2. The maximum absolute atomic E-state index is 11.2. The van der Waals surface area contributed by atoms with Gasteiger partial charge >= 0.3 is 5.97 Å². The summed E-state index contributed by atoms with van der Waals surface area (Å²) in [6.45, 7) is 7.73. The van der Waals surface area contributed by atoms with E-state index in [-0.39, 0.29) is 24.4 Å². The van der Waals surface area contributed by atoms with Gasteiger partial charge in [0.1, 0.15) is 12.4 Å². The van der Waals surface area contributed by atoms with Crippen molar-refractivity contribution >= 4 is 18.2 Å². The molecule has 6 nitrogen and oxygen atoms in total. The van der Waals surface area contributed by atoms with Gasteiger partial charge in [0, 0.05) is 26.6 Å². The van der Waals surface area contributed by atoms with Crippen molar-refractivity contribution in [2.45, 2.75) is 59.0 Å². The Balaban J connectivity index is 0.000000518. The van der Waals surface area contributed by atoms with E-state index >= 15 is 0 Å². The van der Waals surface area contributed by atoms with E-state index in [0.29, 0.717) is 13.2 Å². The summed E-state index contributed by atoms with van der Waals surface area (Å²) in [7, 11) is 0. The number of amides is 1. The van der Waals surface area contributed by atoms with Crippen molar-refractivity contribution in [2.24, 2.45) is 0 Å². The third-order valence-electron chi connectivity index (χ3n) is 3.23. The molecule has 0 aliphatic carbocycles. The summed E-state index contributed by atoms with van der Waals surface area (Å²) in [5, 5.41) is 0. The molecule has 1 amide bonds. The Hall–Kier alpha value is -1.43. The number of aldehydes is 1. The van der Waals surface area contributed by atoms with Crippen LogP contribution in [0.25, 0.3) is 0 Å². The molecular formula is C16H29NO5. The molecule has 1 saturated heterocycles. The number of hydrogen-bond donors (Lipinski definition) is 0. The second-order valence-electron chi connectivity index (χ2n) is 5.10. The molecule has 0 N–H and O–H groups in total. The van der Waals surface area contributed by atoms with Gasteiger partial charge in [0.25, 0.3) is 0 Å². The van der Waals surface area contributed by atoms with Crippen molar-refractivity contribution < 1.29 is 23.9 Å². The van der Waals surface area contributed by atoms with Crippen LogP contribution in [0.5, 0.6) is 0 Å². The number of rotatable bonds is 8. The van der Waals surface area contributed by atoms with Crippen LogP contribution >= 0.6 is 0 Å². The number of carbonyl (C=O) groups is 3. The van der Waals surface area contributed by atoms with Crippen molar-refractivity contribution in [3.63, 3.8) is 0 Å². The fraction of sp³-hybridized carbons (Fsp3) is 0.812. The number of ether oxygens (including phenoxy) is 2. The Morgan fingerprint density at radius 1 is 1.32 bits per heavy atom. The Bertz CT molecular complexity index is 324. The largest absolute Gasteiger partial charge is 0.466 e. The van der Waals surface area contributed by atoms with Gasteiger partial charge in [0.2, 0.25) is 5.91 Å². The van der Waals surface area contributed by atoms with Crippen molar-refractivity contribution in [1.29, 1.82) is 0 Å². The number of esters is 1. The maximum Gasteiger partial charge on any atom is 0.307 e. The minimum absolute atomic E-state index is 0.0211. The third-order valence-corrected chi connectivity index (χ3v) is 3.23. The zero-order chi connectivity index (χ0) is 16.8. The summed E-state index contributed by atoms with van der Waals surface area (Å²) < 4.78 is 9.73.